The maximum atomic E-state index is 9.05. The van der Waals surface area contributed by atoms with Crippen LogP contribution in [0.25, 0.3) is 17.1 Å². The van der Waals surface area contributed by atoms with Gasteiger partial charge >= 0.3 is 0 Å². The van der Waals surface area contributed by atoms with Crippen LogP contribution in [-0.4, -0.2) is 36.2 Å². The molecule has 0 amide bonds. The summed E-state index contributed by atoms with van der Waals surface area (Å²) in [6.45, 7) is 7.80. The average Bonchev–Trinajstić information content (AvgIpc) is 3.17. The van der Waals surface area contributed by atoms with Gasteiger partial charge in [0.25, 0.3) is 0 Å². The van der Waals surface area contributed by atoms with E-state index < -0.39 is 8.07 Å². The Hall–Kier alpha value is -2.47. The van der Waals surface area contributed by atoms with E-state index in [-0.39, 0.29) is 6.79 Å². The second-order valence-corrected chi connectivity index (χ2v) is 14.3. The highest BCUT2D eigenvalue weighted by atomic mass is 79.9. The number of hydrogen-bond acceptors (Lipinski definition) is 5. The highest BCUT2D eigenvalue weighted by Gasteiger charge is 2.16. The van der Waals surface area contributed by atoms with Gasteiger partial charge < -0.3 is 9.47 Å². The zero-order chi connectivity index (χ0) is 21.6. The molecule has 0 saturated heterocycles. The molecular formula is C22H25BrN4O2Si. The predicted octanol–water partition coefficient (Wildman–Crippen LogP) is 5.39. The predicted molar refractivity (Wildman–Crippen MR) is 124 cm³/mol. The summed E-state index contributed by atoms with van der Waals surface area (Å²) in [5.74, 6) is 1.31. The number of benzene rings is 1. The second kappa shape index (κ2) is 10.0. The van der Waals surface area contributed by atoms with Gasteiger partial charge in [-0.05, 0) is 29.8 Å². The van der Waals surface area contributed by atoms with Crippen LogP contribution < -0.4 is 4.74 Å². The topological polar surface area (TPSA) is 73.0 Å². The number of alkyl halides is 1. The third-order valence-corrected chi connectivity index (χ3v) is 6.81. The summed E-state index contributed by atoms with van der Waals surface area (Å²) in [5, 5.41) is 14.5. The van der Waals surface area contributed by atoms with E-state index in [1.54, 1.807) is 16.8 Å². The fourth-order valence-electron chi connectivity index (χ4n) is 2.66. The minimum absolute atomic E-state index is 0.162. The van der Waals surface area contributed by atoms with Gasteiger partial charge in [0.15, 0.2) is 18.4 Å². The van der Waals surface area contributed by atoms with Crippen molar-refractivity contribution in [2.24, 2.45) is 0 Å². The molecule has 0 aliphatic heterocycles. The Morgan fingerprint density at radius 1 is 1.13 bits per heavy atom. The van der Waals surface area contributed by atoms with Gasteiger partial charge in [0.1, 0.15) is 5.69 Å². The van der Waals surface area contributed by atoms with Crippen molar-refractivity contribution in [3.8, 4) is 28.9 Å². The van der Waals surface area contributed by atoms with Crippen LogP contribution in [0.1, 0.15) is 11.1 Å². The van der Waals surface area contributed by atoms with Gasteiger partial charge in [-0.2, -0.15) is 10.4 Å². The van der Waals surface area contributed by atoms with Gasteiger partial charge in [-0.25, -0.2) is 9.67 Å². The van der Waals surface area contributed by atoms with Gasteiger partial charge in [0.2, 0.25) is 0 Å². The lowest BCUT2D eigenvalue weighted by molar-refractivity contribution is 0.0223. The maximum Gasteiger partial charge on any atom is 0.189 e. The standard InChI is InChI=1S/C22H25BrN4O2Si/c1-30(2,3)11-10-28-16-29-20-15-27(21-9-6-18(12-23)14-25-21)26-22(20)19-7-4-17(13-24)5-8-19/h4-9,14-15H,10-12,16H2,1-3H3. The van der Waals surface area contributed by atoms with Crippen LogP contribution in [0.5, 0.6) is 5.75 Å². The van der Waals surface area contributed by atoms with Crippen LogP contribution in [0.2, 0.25) is 25.7 Å². The van der Waals surface area contributed by atoms with E-state index in [1.165, 1.54) is 0 Å². The lowest BCUT2D eigenvalue weighted by Crippen LogP contribution is -2.22. The van der Waals surface area contributed by atoms with Crippen molar-refractivity contribution in [1.29, 1.82) is 5.26 Å². The molecule has 8 heteroatoms. The van der Waals surface area contributed by atoms with Crippen LogP contribution in [0.15, 0.2) is 48.8 Å². The minimum Gasteiger partial charge on any atom is -0.464 e. The smallest absolute Gasteiger partial charge is 0.189 e. The Labute approximate surface area is 186 Å². The number of nitrogens with zero attached hydrogens (tertiary/aromatic N) is 4. The molecule has 3 rings (SSSR count). The first-order valence-electron chi connectivity index (χ1n) is 9.71. The number of ether oxygens (including phenoxy) is 2. The normalized spacial score (nSPS) is 11.3. The molecule has 156 valence electrons. The molecule has 0 fully saturated rings. The molecule has 0 spiro atoms. The molecule has 0 atom stereocenters. The molecule has 3 aromatic rings. The van der Waals surface area contributed by atoms with Crippen molar-refractivity contribution in [3.63, 3.8) is 0 Å². The van der Waals surface area contributed by atoms with Crippen molar-refractivity contribution in [3.05, 3.63) is 59.9 Å². The number of halogens is 1. The Morgan fingerprint density at radius 2 is 1.90 bits per heavy atom. The van der Waals surface area contributed by atoms with E-state index in [1.807, 2.05) is 36.7 Å². The van der Waals surface area contributed by atoms with Gasteiger partial charge in [0, 0.05) is 31.8 Å². The average molecular weight is 485 g/mol. The van der Waals surface area contributed by atoms with Crippen LogP contribution in [0.3, 0.4) is 0 Å². The molecule has 0 N–H and O–H groups in total. The van der Waals surface area contributed by atoms with Crippen LogP contribution >= 0.6 is 15.9 Å². The van der Waals surface area contributed by atoms with E-state index in [0.29, 0.717) is 29.4 Å². The van der Waals surface area contributed by atoms with Gasteiger partial charge in [-0.1, -0.05) is 53.8 Å². The van der Waals surface area contributed by atoms with E-state index in [4.69, 9.17) is 14.7 Å². The molecule has 2 aromatic heterocycles. The first kappa shape index (κ1) is 22.2. The monoisotopic (exact) mass is 484 g/mol. The molecule has 0 aliphatic rings. The minimum atomic E-state index is -1.14. The molecular weight excluding hydrogens is 460 g/mol. The first-order valence-corrected chi connectivity index (χ1v) is 14.5. The molecule has 6 nitrogen and oxygen atoms in total. The summed E-state index contributed by atoms with van der Waals surface area (Å²) in [7, 11) is -1.14. The molecule has 0 bridgehead atoms. The molecule has 30 heavy (non-hydrogen) atoms. The van der Waals surface area contributed by atoms with Crippen LogP contribution in [0, 0.1) is 11.3 Å². The number of hydrogen-bond donors (Lipinski definition) is 0. The van der Waals surface area contributed by atoms with Gasteiger partial charge in [-0.3, -0.25) is 0 Å². The zero-order valence-electron chi connectivity index (χ0n) is 17.4. The number of rotatable bonds is 9. The molecule has 2 heterocycles. The Morgan fingerprint density at radius 3 is 2.50 bits per heavy atom. The Kier molecular flexibility index (Phi) is 7.42. The van der Waals surface area contributed by atoms with Gasteiger partial charge in [0.05, 0.1) is 17.8 Å². The fourth-order valence-corrected chi connectivity index (χ4v) is 3.75. The number of pyridine rings is 1. The SMILES string of the molecule is C[Si](C)(C)CCOCOc1cn(-c2ccc(CBr)cn2)nc1-c1ccc(C#N)cc1. The van der Waals surface area contributed by atoms with Crippen molar-refractivity contribution >= 4 is 24.0 Å². The maximum absolute atomic E-state index is 9.05. The molecule has 0 radical (unpaired) electrons. The number of nitriles is 1. The summed E-state index contributed by atoms with van der Waals surface area (Å²) < 4.78 is 13.3. The largest absolute Gasteiger partial charge is 0.464 e. The lowest BCUT2D eigenvalue weighted by atomic mass is 10.1. The van der Waals surface area contributed by atoms with Gasteiger partial charge in [-0.15, -0.1) is 0 Å². The van der Waals surface area contributed by atoms with Crippen LogP contribution in [-0.2, 0) is 10.1 Å². The van der Waals surface area contributed by atoms with E-state index in [2.05, 4.69) is 51.7 Å². The van der Waals surface area contributed by atoms with Crippen LogP contribution in [0.4, 0.5) is 0 Å². The molecule has 1 aromatic carbocycles. The quantitative estimate of drug-likeness (QED) is 0.176. The summed E-state index contributed by atoms with van der Waals surface area (Å²) in [5.41, 5.74) is 3.23. The summed E-state index contributed by atoms with van der Waals surface area (Å²) in [6.07, 6.45) is 3.62. The fraction of sp³-hybridized carbons (Fsp3) is 0.318. The summed E-state index contributed by atoms with van der Waals surface area (Å²) in [6, 6.07) is 14.4. The van der Waals surface area contributed by atoms with Crippen molar-refractivity contribution in [2.45, 2.75) is 31.0 Å². The Bertz CT molecular complexity index is 1010. The van der Waals surface area contributed by atoms with Crippen molar-refractivity contribution in [2.75, 3.05) is 13.4 Å². The van der Waals surface area contributed by atoms with Crippen molar-refractivity contribution in [1.82, 2.24) is 14.8 Å². The molecule has 0 unspecified atom stereocenters. The zero-order valence-corrected chi connectivity index (χ0v) is 20.0. The molecule has 0 saturated carbocycles. The van der Waals surface area contributed by atoms with E-state index in [9.17, 15) is 0 Å². The highest BCUT2D eigenvalue weighted by Crippen LogP contribution is 2.30. The highest BCUT2D eigenvalue weighted by molar-refractivity contribution is 9.08. The first-order chi connectivity index (χ1) is 14.4. The van der Waals surface area contributed by atoms with E-state index >= 15 is 0 Å². The third kappa shape index (κ3) is 6.02. The lowest BCUT2D eigenvalue weighted by Gasteiger charge is -2.15. The van der Waals surface area contributed by atoms with Crippen molar-refractivity contribution < 1.29 is 9.47 Å². The summed E-state index contributed by atoms with van der Waals surface area (Å²) in [4.78, 5) is 4.48. The Balaban J connectivity index is 1.82. The summed E-state index contributed by atoms with van der Waals surface area (Å²) >= 11 is 3.43. The second-order valence-electron chi connectivity index (χ2n) is 8.12. The third-order valence-electron chi connectivity index (χ3n) is 4.46. The number of aromatic nitrogens is 3. The molecule has 0 aliphatic carbocycles. The van der Waals surface area contributed by atoms with E-state index in [0.717, 1.165) is 22.5 Å².